The average Bonchev–Trinajstić information content (AvgIpc) is 2.50. The molecule has 14 heavy (non-hydrogen) atoms. The molecule has 0 spiro atoms. The lowest BCUT2D eigenvalue weighted by Crippen LogP contribution is -1.98. The Morgan fingerprint density at radius 1 is 1.36 bits per heavy atom. The van der Waals surface area contributed by atoms with Gasteiger partial charge in [0.1, 0.15) is 0 Å². The van der Waals surface area contributed by atoms with Crippen molar-refractivity contribution in [2.45, 2.75) is 4.90 Å². The molecule has 1 heterocycles. The van der Waals surface area contributed by atoms with Crippen LogP contribution in [0.4, 0.5) is 0 Å². The van der Waals surface area contributed by atoms with Gasteiger partial charge in [-0.15, -0.1) is 0 Å². The Hall–Kier alpha value is -0.450. The van der Waals surface area contributed by atoms with E-state index in [-0.39, 0.29) is 0 Å². The van der Waals surface area contributed by atoms with E-state index in [9.17, 15) is 0 Å². The maximum absolute atomic E-state index is 3.56. The molecule has 4 heteroatoms. The zero-order valence-corrected chi connectivity index (χ0v) is 10.4. The third-order valence-corrected chi connectivity index (χ3v) is 3.35. The quantitative estimate of drug-likeness (QED) is 0.843. The van der Waals surface area contributed by atoms with Crippen LogP contribution in [0.15, 0.2) is 33.8 Å². The highest BCUT2D eigenvalue weighted by atomic mass is 79.9. The van der Waals surface area contributed by atoms with Gasteiger partial charge in [0.2, 0.25) is 0 Å². The number of hydrogen-bond acceptors (Lipinski definition) is 2. The lowest BCUT2D eigenvalue weighted by Gasteiger charge is -2.08. The summed E-state index contributed by atoms with van der Waals surface area (Å²) in [5, 5.41) is 1.23. The number of H-pyrrole nitrogens is 1. The molecule has 2 nitrogen and oxygen atoms in total. The van der Waals surface area contributed by atoms with Gasteiger partial charge in [-0.2, -0.15) is 0 Å². The molecular formula is C10H11BrN2S. The highest BCUT2D eigenvalue weighted by Crippen LogP contribution is 2.30. The minimum Gasteiger partial charge on any atom is -0.361 e. The van der Waals surface area contributed by atoms with Crippen LogP contribution in [0.5, 0.6) is 0 Å². The second-order valence-electron chi connectivity index (χ2n) is 3.25. The van der Waals surface area contributed by atoms with Crippen molar-refractivity contribution in [2.24, 2.45) is 0 Å². The lowest BCUT2D eigenvalue weighted by molar-refractivity contribution is 0.703. The van der Waals surface area contributed by atoms with Crippen LogP contribution in [0.1, 0.15) is 0 Å². The maximum atomic E-state index is 3.56. The van der Waals surface area contributed by atoms with Gasteiger partial charge in [-0.05, 0) is 44.2 Å². The van der Waals surface area contributed by atoms with E-state index in [1.54, 1.807) is 11.9 Å². The molecule has 1 N–H and O–H groups in total. The summed E-state index contributed by atoms with van der Waals surface area (Å²) in [6, 6.07) is 6.37. The topological polar surface area (TPSA) is 19.0 Å². The number of aromatic nitrogens is 1. The molecule has 1 aromatic heterocycles. The van der Waals surface area contributed by atoms with Crippen molar-refractivity contribution < 1.29 is 0 Å². The van der Waals surface area contributed by atoms with E-state index in [0.29, 0.717) is 0 Å². The van der Waals surface area contributed by atoms with Gasteiger partial charge in [-0.25, -0.2) is 0 Å². The Balaban J connectivity index is 2.47. The third kappa shape index (κ3) is 1.97. The monoisotopic (exact) mass is 270 g/mol. The standard InChI is InChI=1S/C10H11BrN2S/c1-13(2)14-7-5-9(11)8-3-4-12-10(8)6-7/h3-6,12H,1-2H3. The molecule has 0 bridgehead atoms. The summed E-state index contributed by atoms with van der Waals surface area (Å²) in [4.78, 5) is 4.45. The van der Waals surface area contributed by atoms with Gasteiger partial charge in [0.25, 0.3) is 0 Å². The molecule has 0 amide bonds. The minimum absolute atomic E-state index is 1.14. The summed E-state index contributed by atoms with van der Waals surface area (Å²) in [7, 11) is 4.08. The van der Waals surface area contributed by atoms with Crippen molar-refractivity contribution in [3.8, 4) is 0 Å². The molecule has 0 radical (unpaired) electrons. The Morgan fingerprint density at radius 3 is 2.86 bits per heavy atom. The van der Waals surface area contributed by atoms with E-state index in [1.807, 2.05) is 20.3 Å². The van der Waals surface area contributed by atoms with Crippen LogP contribution in [0.2, 0.25) is 0 Å². The Kier molecular flexibility index (Phi) is 2.85. The fourth-order valence-corrected chi connectivity index (χ4v) is 2.87. The Labute approximate surface area is 95.9 Å². The first-order valence-corrected chi connectivity index (χ1v) is 5.85. The number of hydrogen-bond donors (Lipinski definition) is 1. The minimum atomic E-state index is 1.14. The molecule has 1 aromatic carbocycles. The molecule has 0 aliphatic carbocycles. The predicted octanol–water partition coefficient (Wildman–Crippen LogP) is 3.50. The highest BCUT2D eigenvalue weighted by molar-refractivity contribution is 9.10. The van der Waals surface area contributed by atoms with Crippen molar-refractivity contribution in [1.29, 1.82) is 0 Å². The summed E-state index contributed by atoms with van der Waals surface area (Å²) in [6.07, 6.45) is 1.96. The summed E-state index contributed by atoms with van der Waals surface area (Å²) in [5.41, 5.74) is 1.17. The van der Waals surface area contributed by atoms with Gasteiger partial charge in [0.15, 0.2) is 0 Å². The second-order valence-corrected chi connectivity index (χ2v) is 5.49. The summed E-state index contributed by atoms with van der Waals surface area (Å²) in [6.45, 7) is 0. The molecule has 0 aliphatic rings. The fraction of sp³-hybridized carbons (Fsp3) is 0.200. The molecule has 0 atom stereocenters. The number of fused-ring (bicyclic) bond motifs is 1. The fourth-order valence-electron chi connectivity index (χ4n) is 1.36. The molecule has 0 saturated heterocycles. The third-order valence-electron chi connectivity index (χ3n) is 1.88. The Morgan fingerprint density at radius 2 is 2.14 bits per heavy atom. The summed E-state index contributed by atoms with van der Waals surface area (Å²) < 4.78 is 3.22. The van der Waals surface area contributed by atoms with E-state index in [4.69, 9.17) is 0 Å². The highest BCUT2D eigenvalue weighted by Gasteiger charge is 2.04. The number of aromatic amines is 1. The molecule has 0 unspecified atom stereocenters. The second kappa shape index (κ2) is 3.96. The smallest absolute Gasteiger partial charge is 0.0477 e. The van der Waals surface area contributed by atoms with E-state index in [2.05, 4.69) is 43.4 Å². The van der Waals surface area contributed by atoms with Crippen molar-refractivity contribution in [3.05, 3.63) is 28.9 Å². The maximum Gasteiger partial charge on any atom is 0.0477 e. The first-order valence-electron chi connectivity index (χ1n) is 4.29. The zero-order chi connectivity index (χ0) is 10.1. The van der Waals surface area contributed by atoms with Gasteiger partial charge in [0, 0.05) is 26.5 Å². The zero-order valence-electron chi connectivity index (χ0n) is 8.04. The predicted molar refractivity (Wildman–Crippen MR) is 65.5 cm³/mol. The van der Waals surface area contributed by atoms with Crippen LogP contribution in [0.25, 0.3) is 10.9 Å². The van der Waals surface area contributed by atoms with Crippen LogP contribution in [0, 0.1) is 0 Å². The van der Waals surface area contributed by atoms with Gasteiger partial charge in [-0.3, -0.25) is 4.31 Å². The van der Waals surface area contributed by atoms with Crippen molar-refractivity contribution in [2.75, 3.05) is 14.1 Å². The first-order chi connectivity index (χ1) is 6.66. The normalized spacial score (nSPS) is 11.4. The summed E-state index contributed by atoms with van der Waals surface area (Å²) >= 11 is 5.28. The molecule has 2 rings (SSSR count). The number of halogens is 1. The SMILES string of the molecule is CN(C)Sc1cc(Br)c2cc[nH]c2c1. The average molecular weight is 271 g/mol. The van der Waals surface area contributed by atoms with Crippen molar-refractivity contribution >= 4 is 38.8 Å². The number of rotatable bonds is 2. The van der Waals surface area contributed by atoms with Crippen molar-refractivity contribution in [3.63, 3.8) is 0 Å². The van der Waals surface area contributed by atoms with E-state index < -0.39 is 0 Å². The van der Waals surface area contributed by atoms with Crippen LogP contribution in [0.3, 0.4) is 0 Å². The van der Waals surface area contributed by atoms with Gasteiger partial charge in [0.05, 0.1) is 0 Å². The van der Waals surface area contributed by atoms with Gasteiger partial charge >= 0.3 is 0 Å². The van der Waals surface area contributed by atoms with E-state index >= 15 is 0 Å². The molecule has 0 aliphatic heterocycles. The molecule has 2 aromatic rings. The van der Waals surface area contributed by atoms with E-state index in [1.165, 1.54) is 15.8 Å². The van der Waals surface area contributed by atoms with Crippen LogP contribution in [-0.4, -0.2) is 23.4 Å². The van der Waals surface area contributed by atoms with Crippen LogP contribution >= 0.6 is 27.9 Å². The largest absolute Gasteiger partial charge is 0.361 e. The number of benzene rings is 1. The Bertz CT molecular complexity index is 450. The molecule has 74 valence electrons. The summed E-state index contributed by atoms with van der Waals surface area (Å²) in [5.74, 6) is 0. The van der Waals surface area contributed by atoms with Gasteiger partial charge in [-0.1, -0.05) is 15.9 Å². The van der Waals surface area contributed by atoms with Gasteiger partial charge < -0.3 is 4.98 Å². The van der Waals surface area contributed by atoms with E-state index in [0.717, 1.165) is 4.47 Å². The lowest BCUT2D eigenvalue weighted by atomic mass is 10.2. The van der Waals surface area contributed by atoms with Crippen LogP contribution < -0.4 is 0 Å². The molecule has 0 fully saturated rings. The molecule has 0 saturated carbocycles. The number of nitrogens with one attached hydrogen (secondary N) is 1. The van der Waals surface area contributed by atoms with Crippen LogP contribution in [-0.2, 0) is 0 Å². The first kappa shape index (κ1) is 10.1. The van der Waals surface area contributed by atoms with Crippen molar-refractivity contribution in [1.82, 2.24) is 9.29 Å². The number of nitrogens with zero attached hydrogens (tertiary/aromatic N) is 1. The molecular weight excluding hydrogens is 260 g/mol.